The molecule has 11 heavy (non-hydrogen) atoms. The standard InChI is InChI=1S/C7H11FO3/c1-2-7(8)3-5(4-9)11-6(7)10/h5,9H,2-4H2,1H3/t5-,7+/m0/s1. The minimum absolute atomic E-state index is 0.0150. The van der Waals surface area contributed by atoms with E-state index in [4.69, 9.17) is 5.11 Å². The first-order valence-electron chi connectivity index (χ1n) is 3.63. The normalized spacial score (nSPS) is 37.4. The summed E-state index contributed by atoms with van der Waals surface area (Å²) in [6.45, 7) is 1.29. The number of esters is 1. The van der Waals surface area contributed by atoms with Gasteiger partial charge in [0.15, 0.2) is 0 Å². The first-order valence-corrected chi connectivity index (χ1v) is 3.63. The van der Waals surface area contributed by atoms with Crippen molar-refractivity contribution in [2.24, 2.45) is 0 Å². The van der Waals surface area contributed by atoms with Gasteiger partial charge in [-0.2, -0.15) is 0 Å². The van der Waals surface area contributed by atoms with Crippen LogP contribution in [-0.4, -0.2) is 29.5 Å². The fourth-order valence-corrected chi connectivity index (χ4v) is 1.13. The quantitative estimate of drug-likeness (QED) is 0.598. The van der Waals surface area contributed by atoms with Crippen LogP contribution in [0.25, 0.3) is 0 Å². The van der Waals surface area contributed by atoms with Crippen LogP contribution in [0.1, 0.15) is 19.8 Å². The fourth-order valence-electron chi connectivity index (χ4n) is 1.13. The zero-order valence-corrected chi connectivity index (χ0v) is 6.34. The monoisotopic (exact) mass is 162 g/mol. The van der Waals surface area contributed by atoms with Gasteiger partial charge in [-0.25, -0.2) is 9.18 Å². The Bertz CT molecular complexity index is 171. The summed E-state index contributed by atoms with van der Waals surface area (Å²) in [5, 5.41) is 8.57. The molecule has 1 saturated heterocycles. The summed E-state index contributed by atoms with van der Waals surface area (Å²) in [6, 6.07) is 0. The van der Waals surface area contributed by atoms with Gasteiger partial charge < -0.3 is 9.84 Å². The first-order chi connectivity index (χ1) is 5.12. The summed E-state index contributed by atoms with van der Waals surface area (Å²) in [4.78, 5) is 10.8. The number of aliphatic hydroxyl groups is 1. The Labute approximate surface area is 64.2 Å². The molecule has 0 aliphatic carbocycles. The van der Waals surface area contributed by atoms with Crippen molar-refractivity contribution in [3.05, 3.63) is 0 Å². The number of rotatable bonds is 2. The van der Waals surface area contributed by atoms with E-state index in [9.17, 15) is 9.18 Å². The predicted octanol–water partition coefficient (Wildman–Crippen LogP) is 0.413. The van der Waals surface area contributed by atoms with Gasteiger partial charge in [0.1, 0.15) is 6.10 Å². The third-order valence-corrected chi connectivity index (χ3v) is 1.95. The van der Waals surface area contributed by atoms with Gasteiger partial charge in [0, 0.05) is 6.42 Å². The van der Waals surface area contributed by atoms with E-state index in [0.717, 1.165) is 0 Å². The number of carbonyl (C=O) groups excluding carboxylic acids is 1. The number of ether oxygens (including phenoxy) is 1. The molecule has 4 heteroatoms. The molecule has 0 aromatic heterocycles. The molecule has 0 unspecified atom stereocenters. The third-order valence-electron chi connectivity index (χ3n) is 1.95. The van der Waals surface area contributed by atoms with Crippen LogP contribution in [0.3, 0.4) is 0 Å². The molecule has 64 valence electrons. The van der Waals surface area contributed by atoms with Crippen molar-refractivity contribution < 1.29 is 19.0 Å². The highest BCUT2D eigenvalue weighted by atomic mass is 19.1. The van der Waals surface area contributed by atoms with Crippen LogP contribution in [0.4, 0.5) is 4.39 Å². The minimum Gasteiger partial charge on any atom is -0.457 e. The molecule has 0 spiro atoms. The van der Waals surface area contributed by atoms with Gasteiger partial charge in [0.25, 0.3) is 0 Å². The van der Waals surface area contributed by atoms with Crippen molar-refractivity contribution in [1.29, 1.82) is 0 Å². The van der Waals surface area contributed by atoms with E-state index in [1.807, 2.05) is 0 Å². The topological polar surface area (TPSA) is 46.5 Å². The van der Waals surface area contributed by atoms with Crippen LogP contribution in [0.2, 0.25) is 0 Å². The minimum atomic E-state index is -1.85. The first kappa shape index (κ1) is 8.46. The highest BCUT2D eigenvalue weighted by Crippen LogP contribution is 2.31. The van der Waals surface area contributed by atoms with E-state index in [2.05, 4.69) is 4.74 Å². The molecule has 0 amide bonds. The summed E-state index contributed by atoms with van der Waals surface area (Å²) >= 11 is 0. The number of carbonyl (C=O) groups is 1. The van der Waals surface area contributed by atoms with Crippen LogP contribution < -0.4 is 0 Å². The van der Waals surface area contributed by atoms with Gasteiger partial charge >= 0.3 is 5.97 Å². The Morgan fingerprint density at radius 1 is 1.91 bits per heavy atom. The second kappa shape index (κ2) is 2.77. The van der Waals surface area contributed by atoms with Crippen molar-refractivity contribution >= 4 is 5.97 Å². The number of halogens is 1. The molecule has 1 fully saturated rings. The van der Waals surface area contributed by atoms with Crippen molar-refractivity contribution in [2.75, 3.05) is 6.61 Å². The Kier molecular flexibility index (Phi) is 2.13. The van der Waals surface area contributed by atoms with Crippen LogP contribution >= 0.6 is 0 Å². The van der Waals surface area contributed by atoms with E-state index < -0.39 is 17.7 Å². The number of hydrogen-bond acceptors (Lipinski definition) is 3. The lowest BCUT2D eigenvalue weighted by Gasteiger charge is -2.09. The molecular formula is C7H11FO3. The van der Waals surface area contributed by atoms with Crippen molar-refractivity contribution in [1.82, 2.24) is 0 Å². The number of aliphatic hydroxyl groups excluding tert-OH is 1. The largest absolute Gasteiger partial charge is 0.457 e. The molecular weight excluding hydrogens is 151 g/mol. The van der Waals surface area contributed by atoms with Crippen LogP contribution in [-0.2, 0) is 9.53 Å². The summed E-state index contributed by atoms with van der Waals surface area (Å²) in [7, 11) is 0. The molecule has 0 aromatic carbocycles. The van der Waals surface area contributed by atoms with Crippen molar-refractivity contribution in [2.45, 2.75) is 31.5 Å². The average molecular weight is 162 g/mol. The van der Waals surface area contributed by atoms with Crippen molar-refractivity contribution in [3.63, 3.8) is 0 Å². The van der Waals surface area contributed by atoms with Crippen LogP contribution in [0.5, 0.6) is 0 Å². The zero-order valence-electron chi connectivity index (χ0n) is 6.34. The average Bonchev–Trinajstić information content (AvgIpc) is 2.29. The van der Waals surface area contributed by atoms with Crippen LogP contribution in [0.15, 0.2) is 0 Å². The molecule has 1 N–H and O–H groups in total. The smallest absolute Gasteiger partial charge is 0.344 e. The molecule has 0 aromatic rings. The molecule has 2 atom stereocenters. The molecule has 1 aliphatic heterocycles. The number of hydrogen-bond donors (Lipinski definition) is 1. The molecule has 0 bridgehead atoms. The third kappa shape index (κ3) is 1.35. The highest BCUT2D eigenvalue weighted by Gasteiger charge is 2.48. The lowest BCUT2D eigenvalue weighted by Crippen LogP contribution is -2.27. The fraction of sp³-hybridized carbons (Fsp3) is 0.857. The molecule has 1 heterocycles. The second-order valence-electron chi connectivity index (χ2n) is 2.73. The Hall–Kier alpha value is -0.640. The van der Waals surface area contributed by atoms with E-state index >= 15 is 0 Å². The molecule has 0 radical (unpaired) electrons. The van der Waals surface area contributed by atoms with E-state index in [0.29, 0.717) is 0 Å². The lowest BCUT2D eigenvalue weighted by atomic mass is 9.99. The van der Waals surface area contributed by atoms with Crippen molar-refractivity contribution in [3.8, 4) is 0 Å². The van der Waals surface area contributed by atoms with Crippen LogP contribution in [0, 0.1) is 0 Å². The summed E-state index contributed by atoms with van der Waals surface area (Å²) in [5.41, 5.74) is -1.85. The van der Waals surface area contributed by atoms with Gasteiger partial charge in [0.05, 0.1) is 6.61 Å². The molecule has 1 rings (SSSR count). The lowest BCUT2D eigenvalue weighted by molar-refractivity contribution is -0.151. The van der Waals surface area contributed by atoms with Gasteiger partial charge in [-0.15, -0.1) is 0 Å². The summed E-state index contributed by atoms with van der Waals surface area (Å²) in [6.07, 6.45) is -0.548. The highest BCUT2D eigenvalue weighted by molar-refractivity contribution is 5.81. The molecule has 1 aliphatic rings. The maximum Gasteiger partial charge on any atom is 0.344 e. The van der Waals surface area contributed by atoms with Gasteiger partial charge in [-0.1, -0.05) is 6.92 Å². The maximum atomic E-state index is 13.3. The SMILES string of the molecule is CC[C@@]1(F)C[C@@H](CO)OC1=O. The Morgan fingerprint density at radius 3 is 2.82 bits per heavy atom. The van der Waals surface area contributed by atoms with E-state index in [1.165, 1.54) is 0 Å². The Morgan fingerprint density at radius 2 is 2.55 bits per heavy atom. The summed E-state index contributed by atoms with van der Waals surface area (Å²) < 4.78 is 17.8. The van der Waals surface area contributed by atoms with Gasteiger partial charge in [0.2, 0.25) is 5.67 Å². The zero-order chi connectivity index (χ0) is 8.48. The molecule has 3 nitrogen and oxygen atoms in total. The van der Waals surface area contributed by atoms with E-state index in [-0.39, 0.29) is 19.4 Å². The van der Waals surface area contributed by atoms with E-state index in [1.54, 1.807) is 6.92 Å². The maximum absolute atomic E-state index is 13.3. The number of cyclic esters (lactones) is 1. The number of alkyl halides is 1. The predicted molar refractivity (Wildman–Crippen MR) is 35.7 cm³/mol. The summed E-state index contributed by atoms with van der Waals surface area (Å²) in [5.74, 6) is -0.834. The van der Waals surface area contributed by atoms with Gasteiger partial charge in [-0.3, -0.25) is 0 Å². The molecule has 0 saturated carbocycles. The second-order valence-corrected chi connectivity index (χ2v) is 2.73. The Balaban J connectivity index is 2.65. The van der Waals surface area contributed by atoms with Gasteiger partial charge in [-0.05, 0) is 6.42 Å².